The summed E-state index contributed by atoms with van der Waals surface area (Å²) in [6, 6.07) is 11.6. The minimum atomic E-state index is -0.406. The summed E-state index contributed by atoms with van der Waals surface area (Å²) in [4.78, 5) is 15.4. The zero-order valence-corrected chi connectivity index (χ0v) is 16.5. The zero-order valence-electron chi connectivity index (χ0n) is 15.7. The number of pyridine rings is 1. The lowest BCUT2D eigenvalue weighted by molar-refractivity contribution is 0.482. The van der Waals surface area contributed by atoms with Crippen LogP contribution >= 0.6 is 11.6 Å². The van der Waals surface area contributed by atoms with Crippen molar-refractivity contribution in [2.75, 3.05) is 0 Å². The fraction of sp³-hybridized carbons (Fsp3) is 0.0909. The van der Waals surface area contributed by atoms with Gasteiger partial charge in [-0.3, -0.25) is 9.89 Å². The highest BCUT2D eigenvalue weighted by molar-refractivity contribution is 6.34. The topological polar surface area (TPSA) is 86.7 Å². The van der Waals surface area contributed by atoms with E-state index >= 15 is 0 Å². The van der Waals surface area contributed by atoms with Crippen molar-refractivity contribution in [1.82, 2.24) is 19.7 Å². The van der Waals surface area contributed by atoms with Gasteiger partial charge in [-0.05, 0) is 48.4 Å². The summed E-state index contributed by atoms with van der Waals surface area (Å²) in [7, 11) is 2.00. The minimum absolute atomic E-state index is 0.102. The SMILES string of the molecule is Cc1cn[nH]c1-c1c(O)c2cc(-c3ccc4c(ccn4C)c3)c(Cl)cc2[nH]c1=O. The number of rotatable bonds is 2. The van der Waals surface area contributed by atoms with Gasteiger partial charge < -0.3 is 14.7 Å². The average molecular weight is 405 g/mol. The van der Waals surface area contributed by atoms with E-state index in [1.54, 1.807) is 12.3 Å². The van der Waals surface area contributed by atoms with Crippen LogP contribution in [0.4, 0.5) is 0 Å². The largest absolute Gasteiger partial charge is 0.506 e. The Morgan fingerprint density at radius 1 is 1.17 bits per heavy atom. The highest BCUT2D eigenvalue weighted by Gasteiger charge is 2.19. The van der Waals surface area contributed by atoms with Crippen molar-refractivity contribution in [1.29, 1.82) is 0 Å². The Kier molecular flexibility index (Phi) is 3.79. The van der Waals surface area contributed by atoms with Crippen molar-refractivity contribution in [2.45, 2.75) is 6.92 Å². The molecule has 0 aliphatic rings. The van der Waals surface area contributed by atoms with E-state index in [-0.39, 0.29) is 11.3 Å². The predicted octanol–water partition coefficient (Wildman–Crippen LogP) is 4.74. The molecule has 5 aromatic rings. The number of H-pyrrole nitrogens is 2. The van der Waals surface area contributed by atoms with Crippen molar-refractivity contribution in [3.63, 3.8) is 0 Å². The van der Waals surface area contributed by atoms with E-state index in [0.29, 0.717) is 21.6 Å². The maximum atomic E-state index is 12.6. The molecule has 29 heavy (non-hydrogen) atoms. The molecule has 3 aromatic heterocycles. The molecule has 6 nitrogen and oxygen atoms in total. The van der Waals surface area contributed by atoms with Gasteiger partial charge in [0.25, 0.3) is 5.56 Å². The molecule has 0 saturated carbocycles. The second-order valence-electron chi connectivity index (χ2n) is 7.18. The molecule has 0 bridgehead atoms. The zero-order chi connectivity index (χ0) is 20.3. The Bertz CT molecular complexity index is 1480. The van der Waals surface area contributed by atoms with Gasteiger partial charge in [-0.25, -0.2) is 0 Å². The molecular formula is C22H17ClN4O2. The average Bonchev–Trinajstić information content (AvgIpc) is 3.27. The monoisotopic (exact) mass is 404 g/mol. The number of halogens is 1. The quantitative estimate of drug-likeness (QED) is 0.397. The summed E-state index contributed by atoms with van der Waals surface area (Å²) in [5, 5.41) is 19.8. The molecule has 0 spiro atoms. The maximum absolute atomic E-state index is 12.6. The van der Waals surface area contributed by atoms with Crippen LogP contribution in [0.2, 0.25) is 5.02 Å². The van der Waals surface area contributed by atoms with E-state index in [9.17, 15) is 9.90 Å². The summed E-state index contributed by atoms with van der Waals surface area (Å²) in [5.74, 6) is -0.102. The van der Waals surface area contributed by atoms with E-state index in [1.807, 2.05) is 44.4 Å². The molecule has 0 radical (unpaired) electrons. The molecule has 3 heterocycles. The van der Waals surface area contributed by atoms with Crippen molar-refractivity contribution < 1.29 is 5.11 Å². The van der Waals surface area contributed by atoms with Crippen LogP contribution in [-0.4, -0.2) is 24.9 Å². The van der Waals surface area contributed by atoms with Gasteiger partial charge in [-0.1, -0.05) is 17.7 Å². The number of aromatic nitrogens is 4. The molecule has 0 aliphatic carbocycles. The van der Waals surface area contributed by atoms with Crippen LogP contribution in [0.3, 0.4) is 0 Å². The molecule has 3 N–H and O–H groups in total. The summed E-state index contributed by atoms with van der Waals surface area (Å²) < 4.78 is 2.05. The molecule has 0 atom stereocenters. The number of fused-ring (bicyclic) bond motifs is 2. The lowest BCUT2D eigenvalue weighted by Crippen LogP contribution is -2.10. The van der Waals surface area contributed by atoms with Crippen molar-refractivity contribution in [3.05, 3.63) is 69.7 Å². The van der Waals surface area contributed by atoms with E-state index in [4.69, 9.17) is 11.6 Å². The Labute approximate surface area is 170 Å². The first-order valence-electron chi connectivity index (χ1n) is 9.08. The number of nitrogens with zero attached hydrogens (tertiary/aromatic N) is 2. The van der Waals surface area contributed by atoms with Crippen molar-refractivity contribution in [2.24, 2.45) is 7.05 Å². The van der Waals surface area contributed by atoms with E-state index in [0.717, 1.165) is 27.6 Å². The van der Waals surface area contributed by atoms with Crippen LogP contribution < -0.4 is 5.56 Å². The van der Waals surface area contributed by atoms with Gasteiger partial charge in [0.05, 0.1) is 22.4 Å². The molecule has 0 fully saturated rings. The maximum Gasteiger partial charge on any atom is 0.261 e. The van der Waals surface area contributed by atoms with Gasteiger partial charge in [-0.15, -0.1) is 0 Å². The van der Waals surface area contributed by atoms with Crippen molar-refractivity contribution >= 4 is 33.4 Å². The number of hydrogen-bond acceptors (Lipinski definition) is 3. The minimum Gasteiger partial charge on any atom is -0.506 e. The molecule has 144 valence electrons. The van der Waals surface area contributed by atoms with Crippen LogP contribution in [-0.2, 0) is 7.05 Å². The normalized spacial score (nSPS) is 11.6. The number of benzene rings is 2. The van der Waals surface area contributed by atoms with Crippen LogP contribution in [0.1, 0.15) is 5.56 Å². The Hall–Kier alpha value is -3.51. The van der Waals surface area contributed by atoms with Gasteiger partial charge in [-0.2, -0.15) is 5.10 Å². The fourth-order valence-corrected chi connectivity index (χ4v) is 4.07. The molecule has 0 unspecified atom stereocenters. The second kappa shape index (κ2) is 6.25. The predicted molar refractivity (Wildman–Crippen MR) is 115 cm³/mol. The standard InChI is InChI=1S/C22H17ClN4O2/c1-11-10-24-26-20(11)19-21(28)15-8-14(16(23)9-17(15)25-22(19)29)12-3-4-18-13(7-12)5-6-27(18)2/h3-10H,1-2H3,(H,24,26)(H2,25,28,29). The first kappa shape index (κ1) is 17.6. The van der Waals surface area contributed by atoms with Crippen LogP contribution in [0, 0.1) is 6.92 Å². The number of hydrogen-bond donors (Lipinski definition) is 3. The van der Waals surface area contributed by atoms with Crippen LogP contribution in [0.15, 0.2) is 53.6 Å². The van der Waals surface area contributed by atoms with Gasteiger partial charge in [0, 0.05) is 35.1 Å². The Morgan fingerprint density at radius 2 is 2.00 bits per heavy atom. The summed E-state index contributed by atoms with van der Waals surface area (Å²) in [5.41, 5.74) is 4.33. The van der Waals surface area contributed by atoms with E-state index < -0.39 is 5.56 Å². The molecule has 0 saturated heterocycles. The highest BCUT2D eigenvalue weighted by atomic mass is 35.5. The lowest BCUT2D eigenvalue weighted by Gasteiger charge is -2.11. The smallest absolute Gasteiger partial charge is 0.261 e. The third kappa shape index (κ3) is 2.64. The summed E-state index contributed by atoms with van der Waals surface area (Å²) in [6.07, 6.45) is 3.62. The third-order valence-electron chi connectivity index (χ3n) is 5.35. The summed E-state index contributed by atoms with van der Waals surface area (Å²) >= 11 is 6.54. The van der Waals surface area contributed by atoms with Gasteiger partial charge in [0.2, 0.25) is 0 Å². The molecule has 0 amide bonds. The molecule has 2 aromatic carbocycles. The fourth-order valence-electron chi connectivity index (χ4n) is 3.80. The number of aromatic amines is 2. The number of nitrogens with one attached hydrogen (secondary N) is 2. The first-order chi connectivity index (χ1) is 13.9. The Morgan fingerprint density at radius 3 is 2.76 bits per heavy atom. The number of aryl methyl sites for hydroxylation is 2. The van der Waals surface area contributed by atoms with E-state index in [1.165, 1.54) is 0 Å². The van der Waals surface area contributed by atoms with Crippen LogP contribution in [0.25, 0.3) is 44.2 Å². The van der Waals surface area contributed by atoms with Crippen LogP contribution in [0.5, 0.6) is 5.75 Å². The number of aromatic hydroxyl groups is 1. The third-order valence-corrected chi connectivity index (χ3v) is 5.66. The van der Waals surface area contributed by atoms with Gasteiger partial charge >= 0.3 is 0 Å². The summed E-state index contributed by atoms with van der Waals surface area (Å²) in [6.45, 7) is 1.82. The van der Waals surface area contributed by atoms with Gasteiger partial charge in [0.15, 0.2) is 0 Å². The van der Waals surface area contributed by atoms with Crippen molar-refractivity contribution in [3.8, 4) is 28.1 Å². The molecular weight excluding hydrogens is 388 g/mol. The van der Waals surface area contributed by atoms with E-state index in [2.05, 4.69) is 25.8 Å². The van der Waals surface area contributed by atoms with Gasteiger partial charge in [0.1, 0.15) is 11.3 Å². The second-order valence-corrected chi connectivity index (χ2v) is 7.59. The lowest BCUT2D eigenvalue weighted by atomic mass is 9.99. The molecule has 5 rings (SSSR count). The molecule has 0 aliphatic heterocycles. The first-order valence-corrected chi connectivity index (χ1v) is 9.46. The Balaban J connectivity index is 1.78. The molecule has 7 heteroatoms. The highest BCUT2D eigenvalue weighted by Crippen LogP contribution is 2.38.